The Labute approximate surface area is 149 Å². The number of hydrogen-bond donors (Lipinski definition) is 3. The highest BCUT2D eigenvalue weighted by molar-refractivity contribution is 6.01. The van der Waals surface area contributed by atoms with E-state index in [1.807, 2.05) is 36.4 Å². The third-order valence-corrected chi connectivity index (χ3v) is 4.59. The second-order valence-corrected chi connectivity index (χ2v) is 6.29. The molecule has 0 bridgehead atoms. The number of nitrogens with two attached hydrogens (primary N) is 1. The van der Waals surface area contributed by atoms with Crippen LogP contribution in [0, 0.1) is 5.41 Å². The van der Waals surface area contributed by atoms with Gasteiger partial charge in [-0.15, -0.1) is 0 Å². The number of nitrogens with zero attached hydrogens (tertiary/aromatic N) is 1. The molecule has 1 heterocycles. The van der Waals surface area contributed by atoms with Gasteiger partial charge in [-0.2, -0.15) is 0 Å². The molecule has 0 amide bonds. The van der Waals surface area contributed by atoms with Gasteiger partial charge in [-0.3, -0.25) is 5.41 Å². The summed E-state index contributed by atoms with van der Waals surface area (Å²) >= 11 is 0. The largest absolute Gasteiger partial charge is 0.477 e. The Kier molecular flexibility index (Phi) is 3.69. The quantitative estimate of drug-likeness (QED) is 0.388. The van der Waals surface area contributed by atoms with Crippen molar-refractivity contribution in [3.8, 4) is 0 Å². The summed E-state index contributed by atoms with van der Waals surface area (Å²) in [5, 5.41) is 20.3. The molecule has 0 unspecified atom stereocenters. The van der Waals surface area contributed by atoms with Crippen LogP contribution in [0.15, 0.2) is 66.7 Å². The molecule has 0 fully saturated rings. The predicted octanol–water partition coefficient (Wildman–Crippen LogP) is 3.83. The molecule has 128 valence electrons. The van der Waals surface area contributed by atoms with Crippen LogP contribution in [0.3, 0.4) is 0 Å². The van der Waals surface area contributed by atoms with Crippen LogP contribution in [0.25, 0.3) is 21.7 Å². The van der Waals surface area contributed by atoms with Gasteiger partial charge in [0, 0.05) is 23.0 Å². The van der Waals surface area contributed by atoms with Crippen LogP contribution in [0.1, 0.15) is 21.6 Å². The highest BCUT2D eigenvalue weighted by atomic mass is 16.4. The van der Waals surface area contributed by atoms with Crippen molar-refractivity contribution in [2.75, 3.05) is 0 Å². The Balaban J connectivity index is 1.87. The predicted molar refractivity (Wildman–Crippen MR) is 103 cm³/mol. The molecule has 5 nitrogen and oxygen atoms in total. The minimum Gasteiger partial charge on any atom is -0.477 e. The molecule has 0 aliphatic heterocycles. The number of rotatable bonds is 4. The Morgan fingerprint density at radius 2 is 1.69 bits per heavy atom. The number of nitrogens with one attached hydrogen (secondary N) is 1. The fraction of sp³-hybridized carbons (Fsp3) is 0.0476. The van der Waals surface area contributed by atoms with Crippen LogP contribution in [0.4, 0.5) is 0 Å². The first kappa shape index (κ1) is 15.9. The molecule has 4 rings (SSSR count). The smallest absolute Gasteiger partial charge is 0.352 e. The number of amidine groups is 1. The molecule has 5 heteroatoms. The molecule has 1 aromatic heterocycles. The second kappa shape index (κ2) is 6.04. The van der Waals surface area contributed by atoms with E-state index in [1.54, 1.807) is 28.8 Å². The van der Waals surface area contributed by atoms with E-state index in [-0.39, 0.29) is 11.5 Å². The molecular weight excluding hydrogens is 326 g/mol. The van der Waals surface area contributed by atoms with E-state index in [0.29, 0.717) is 12.1 Å². The van der Waals surface area contributed by atoms with Crippen LogP contribution in [-0.4, -0.2) is 21.5 Å². The van der Waals surface area contributed by atoms with E-state index in [9.17, 15) is 9.90 Å². The average Bonchev–Trinajstić information content (AvgIpc) is 2.99. The minimum absolute atomic E-state index is 0.0396. The summed E-state index contributed by atoms with van der Waals surface area (Å²) < 4.78 is 1.76. The number of fused-ring (bicyclic) bond motifs is 2. The van der Waals surface area contributed by atoms with Gasteiger partial charge in [-0.05, 0) is 34.5 Å². The first-order valence-corrected chi connectivity index (χ1v) is 8.21. The zero-order valence-corrected chi connectivity index (χ0v) is 13.9. The van der Waals surface area contributed by atoms with E-state index in [4.69, 9.17) is 11.1 Å². The van der Waals surface area contributed by atoms with Crippen LogP contribution >= 0.6 is 0 Å². The van der Waals surface area contributed by atoms with E-state index >= 15 is 0 Å². The number of carbonyl (C=O) groups is 1. The van der Waals surface area contributed by atoms with Crippen LogP contribution in [0.2, 0.25) is 0 Å². The molecule has 4 aromatic rings. The van der Waals surface area contributed by atoms with E-state index in [2.05, 4.69) is 6.07 Å². The summed E-state index contributed by atoms with van der Waals surface area (Å²) in [5.41, 5.74) is 8.15. The summed E-state index contributed by atoms with van der Waals surface area (Å²) in [6.07, 6.45) is 0. The normalized spacial score (nSPS) is 11.1. The van der Waals surface area contributed by atoms with Crippen LogP contribution < -0.4 is 5.73 Å². The number of nitrogen functional groups attached to an aromatic ring is 1. The lowest BCUT2D eigenvalue weighted by Gasteiger charge is -2.10. The molecule has 4 N–H and O–H groups in total. The lowest BCUT2D eigenvalue weighted by molar-refractivity contribution is 0.0686. The molecule has 0 saturated carbocycles. The first-order valence-electron chi connectivity index (χ1n) is 8.21. The molecule has 0 spiro atoms. The van der Waals surface area contributed by atoms with Gasteiger partial charge in [0.1, 0.15) is 11.5 Å². The van der Waals surface area contributed by atoms with Crippen molar-refractivity contribution in [3.05, 3.63) is 83.6 Å². The van der Waals surface area contributed by atoms with Crippen molar-refractivity contribution in [2.24, 2.45) is 5.73 Å². The van der Waals surface area contributed by atoms with Crippen molar-refractivity contribution in [1.82, 2.24) is 4.57 Å². The fourth-order valence-electron chi connectivity index (χ4n) is 3.29. The highest BCUT2D eigenvalue weighted by Gasteiger charge is 2.16. The zero-order chi connectivity index (χ0) is 18.3. The second-order valence-electron chi connectivity index (χ2n) is 6.29. The van der Waals surface area contributed by atoms with Gasteiger partial charge in [0.2, 0.25) is 0 Å². The monoisotopic (exact) mass is 343 g/mol. The molecule has 3 aromatic carbocycles. The van der Waals surface area contributed by atoms with Gasteiger partial charge < -0.3 is 15.4 Å². The fourth-order valence-corrected chi connectivity index (χ4v) is 3.29. The molecule has 0 saturated heterocycles. The van der Waals surface area contributed by atoms with Gasteiger partial charge in [0.05, 0.1) is 0 Å². The third-order valence-electron chi connectivity index (χ3n) is 4.59. The Morgan fingerprint density at radius 1 is 0.962 bits per heavy atom. The number of carboxylic acid groups (broad SMARTS) is 1. The molecule has 0 aliphatic rings. The maximum atomic E-state index is 11.7. The maximum absolute atomic E-state index is 11.7. The van der Waals surface area contributed by atoms with Gasteiger partial charge in [0.15, 0.2) is 0 Å². The lowest BCUT2D eigenvalue weighted by Crippen LogP contribution is -2.12. The van der Waals surface area contributed by atoms with Crippen LogP contribution in [0.5, 0.6) is 0 Å². The molecule has 0 aliphatic carbocycles. The Bertz CT molecular complexity index is 1170. The summed E-state index contributed by atoms with van der Waals surface area (Å²) in [4.78, 5) is 11.7. The Hall–Kier alpha value is -3.60. The zero-order valence-electron chi connectivity index (χ0n) is 13.9. The summed E-state index contributed by atoms with van der Waals surface area (Å²) in [6.45, 7) is 0.428. The topological polar surface area (TPSA) is 92.1 Å². The van der Waals surface area contributed by atoms with Crippen molar-refractivity contribution < 1.29 is 9.90 Å². The van der Waals surface area contributed by atoms with Gasteiger partial charge in [0.25, 0.3) is 0 Å². The van der Waals surface area contributed by atoms with Crippen LogP contribution in [-0.2, 0) is 6.54 Å². The standard InChI is InChI=1S/C21H17N3O2/c22-20(23)17-8-7-16-10-19(21(25)26)24(18(16)11-17)12-13-5-6-14-3-1-2-4-15(14)9-13/h1-11H,12H2,(H3,22,23)(H,25,26). The third kappa shape index (κ3) is 2.69. The highest BCUT2D eigenvalue weighted by Crippen LogP contribution is 2.24. The number of benzene rings is 3. The number of hydrogen-bond acceptors (Lipinski definition) is 2. The van der Waals surface area contributed by atoms with Gasteiger partial charge >= 0.3 is 5.97 Å². The number of aromatic carboxylic acids is 1. The summed E-state index contributed by atoms with van der Waals surface area (Å²) in [6, 6.07) is 21.1. The van der Waals surface area contributed by atoms with E-state index in [0.717, 1.165) is 27.2 Å². The maximum Gasteiger partial charge on any atom is 0.352 e. The van der Waals surface area contributed by atoms with Crippen molar-refractivity contribution >= 4 is 33.5 Å². The lowest BCUT2D eigenvalue weighted by atomic mass is 10.1. The SMILES string of the molecule is N=C(N)c1ccc2cc(C(=O)O)n(Cc3ccc4ccccc4c3)c2c1. The summed E-state index contributed by atoms with van der Waals surface area (Å²) in [5.74, 6) is -1.02. The van der Waals surface area contributed by atoms with Crippen molar-refractivity contribution in [2.45, 2.75) is 6.54 Å². The van der Waals surface area contributed by atoms with E-state index in [1.165, 1.54) is 0 Å². The first-order chi connectivity index (χ1) is 12.5. The van der Waals surface area contributed by atoms with Crippen molar-refractivity contribution in [3.63, 3.8) is 0 Å². The van der Waals surface area contributed by atoms with Gasteiger partial charge in [-0.1, -0.05) is 48.5 Å². The van der Waals surface area contributed by atoms with Crippen molar-refractivity contribution in [1.29, 1.82) is 5.41 Å². The molecular formula is C21H17N3O2. The van der Waals surface area contributed by atoms with E-state index < -0.39 is 5.97 Å². The molecule has 0 radical (unpaired) electrons. The Morgan fingerprint density at radius 3 is 2.42 bits per heavy atom. The summed E-state index contributed by atoms with van der Waals surface area (Å²) in [7, 11) is 0. The average molecular weight is 343 g/mol. The molecule has 0 atom stereocenters. The number of carboxylic acids is 1. The molecule has 26 heavy (non-hydrogen) atoms. The number of aromatic nitrogens is 1. The van der Waals surface area contributed by atoms with Gasteiger partial charge in [-0.25, -0.2) is 4.79 Å². The minimum atomic E-state index is -0.980.